The average Bonchev–Trinajstić information content (AvgIpc) is 2.99. The van der Waals surface area contributed by atoms with Crippen LogP contribution < -0.4 is 11.3 Å². The summed E-state index contributed by atoms with van der Waals surface area (Å²) in [6.45, 7) is 1.66. The van der Waals surface area contributed by atoms with Crippen LogP contribution in [0.25, 0.3) is 11.2 Å². The molecule has 118 valence electrons. The molecule has 0 saturated carbocycles. The molecule has 22 heavy (non-hydrogen) atoms. The van der Waals surface area contributed by atoms with E-state index in [4.69, 9.17) is 10.5 Å². The predicted octanol–water partition coefficient (Wildman–Crippen LogP) is 0.521. The lowest BCUT2D eigenvalue weighted by Gasteiger charge is -2.15. The Balaban J connectivity index is 2.13. The minimum atomic E-state index is -1.98. The number of rotatable bonds is 2. The molecule has 1 aliphatic rings. The Bertz CT molecular complexity index is 811. The summed E-state index contributed by atoms with van der Waals surface area (Å²) in [7, 11) is 0. The van der Waals surface area contributed by atoms with Crippen LogP contribution in [-0.2, 0) is 4.74 Å². The molecule has 1 saturated heterocycles. The van der Waals surface area contributed by atoms with Crippen LogP contribution in [0.1, 0.15) is 19.6 Å². The van der Waals surface area contributed by atoms with Crippen LogP contribution in [0.2, 0.25) is 0 Å². The largest absolute Gasteiger partial charge is 0.384 e. The van der Waals surface area contributed by atoms with Crippen LogP contribution in [0.3, 0.4) is 0 Å². The van der Waals surface area contributed by atoms with E-state index in [1.54, 1.807) is 6.92 Å². The van der Waals surface area contributed by atoms with Crippen molar-refractivity contribution in [1.29, 1.82) is 0 Å². The first-order chi connectivity index (χ1) is 10.4. The van der Waals surface area contributed by atoms with Crippen LogP contribution >= 0.6 is 0 Å². The van der Waals surface area contributed by atoms with Crippen molar-refractivity contribution in [2.45, 2.75) is 31.8 Å². The molecule has 1 fully saturated rings. The fourth-order valence-electron chi connectivity index (χ4n) is 2.56. The molecule has 2 aromatic heterocycles. The van der Waals surface area contributed by atoms with E-state index in [0.29, 0.717) is 0 Å². The zero-order valence-corrected chi connectivity index (χ0v) is 11.5. The molecule has 1 aliphatic heterocycles. The maximum absolute atomic E-state index is 13.0. The Kier molecular flexibility index (Phi) is 3.41. The number of hydrogen-bond acceptors (Lipinski definition) is 6. The van der Waals surface area contributed by atoms with Crippen LogP contribution in [0, 0.1) is 0 Å². The third-order valence-corrected chi connectivity index (χ3v) is 3.55. The maximum Gasteiger partial charge on any atom is 0.280 e. The maximum atomic E-state index is 13.0. The molecule has 2 aromatic rings. The minimum Gasteiger partial charge on any atom is -0.384 e. The van der Waals surface area contributed by atoms with Gasteiger partial charge in [-0.25, -0.2) is 4.98 Å². The van der Waals surface area contributed by atoms with E-state index >= 15 is 0 Å². The monoisotopic (exact) mass is 313 g/mol. The van der Waals surface area contributed by atoms with Crippen molar-refractivity contribution < 1.29 is 18.6 Å². The molecule has 3 rings (SSSR count). The smallest absolute Gasteiger partial charge is 0.280 e. The number of nitrogens with two attached hydrogens (primary N) is 1. The number of hydrogen-bond donors (Lipinski definition) is 3. The first-order valence-corrected chi connectivity index (χ1v) is 6.55. The van der Waals surface area contributed by atoms with Crippen LogP contribution in [0.5, 0.6) is 0 Å². The van der Waals surface area contributed by atoms with Gasteiger partial charge >= 0.3 is 0 Å². The van der Waals surface area contributed by atoms with Gasteiger partial charge in [0.2, 0.25) is 5.95 Å². The number of halogens is 2. The zero-order chi connectivity index (χ0) is 16.0. The number of aliphatic hydroxyl groups is 1. The highest BCUT2D eigenvalue weighted by Crippen LogP contribution is 2.38. The number of aliphatic hydroxyl groups excluding tert-OH is 1. The Morgan fingerprint density at radius 2 is 2.32 bits per heavy atom. The number of aromatic amines is 1. The second-order valence-electron chi connectivity index (χ2n) is 4.86. The van der Waals surface area contributed by atoms with Gasteiger partial charge in [-0.15, -0.1) is 0 Å². The average molecular weight is 313 g/mol. The summed E-state index contributed by atoms with van der Waals surface area (Å²) in [5, 5.41) is 10.1. The molecule has 0 unspecified atom stereocenters. The van der Waals surface area contributed by atoms with E-state index in [0.717, 1.165) is 0 Å². The summed E-state index contributed by atoms with van der Waals surface area (Å²) in [5.74, 6) is -0.147. The van der Waals surface area contributed by atoms with Gasteiger partial charge in [0.1, 0.15) is 6.10 Å². The van der Waals surface area contributed by atoms with Crippen molar-refractivity contribution in [3.05, 3.63) is 28.3 Å². The molecular formula is C12H13F2N5O3. The third-order valence-electron chi connectivity index (χ3n) is 3.55. The quantitative estimate of drug-likeness (QED) is 0.743. The second-order valence-corrected chi connectivity index (χ2v) is 4.86. The van der Waals surface area contributed by atoms with Gasteiger partial charge in [-0.3, -0.25) is 14.3 Å². The number of ether oxygens (including phenoxy) is 1. The Labute approximate surface area is 122 Å². The topological polar surface area (TPSA) is 119 Å². The lowest BCUT2D eigenvalue weighted by atomic mass is 10.1. The first kappa shape index (κ1) is 14.6. The molecule has 0 radical (unpaired) electrons. The van der Waals surface area contributed by atoms with Crippen LogP contribution in [-0.4, -0.2) is 36.8 Å². The Morgan fingerprint density at radius 3 is 2.91 bits per heavy atom. The molecule has 3 atom stereocenters. The minimum absolute atomic E-state index is 0.0174. The van der Waals surface area contributed by atoms with Gasteiger partial charge in [-0.05, 0) is 6.42 Å². The molecule has 10 heteroatoms. The molecule has 0 amide bonds. The highest BCUT2D eigenvalue weighted by Gasteiger charge is 2.42. The first-order valence-electron chi connectivity index (χ1n) is 6.55. The van der Waals surface area contributed by atoms with Gasteiger partial charge in [-0.1, -0.05) is 6.92 Å². The van der Waals surface area contributed by atoms with Gasteiger partial charge in [-0.2, -0.15) is 13.8 Å². The Hall–Kier alpha value is -2.33. The summed E-state index contributed by atoms with van der Waals surface area (Å²) in [5.41, 5.74) is 4.49. The number of imidazole rings is 1. The fourth-order valence-corrected chi connectivity index (χ4v) is 2.56. The van der Waals surface area contributed by atoms with Crippen molar-refractivity contribution in [2.75, 3.05) is 5.73 Å². The van der Waals surface area contributed by atoms with E-state index in [2.05, 4.69) is 15.0 Å². The van der Waals surface area contributed by atoms with Crippen molar-refractivity contribution in [1.82, 2.24) is 19.5 Å². The number of anilines is 1. The van der Waals surface area contributed by atoms with E-state index in [1.807, 2.05) is 0 Å². The van der Waals surface area contributed by atoms with Crippen molar-refractivity contribution in [2.24, 2.45) is 0 Å². The number of fused-ring (bicyclic) bond motifs is 1. The van der Waals surface area contributed by atoms with Crippen molar-refractivity contribution in [3.8, 4) is 0 Å². The van der Waals surface area contributed by atoms with Gasteiger partial charge in [0.15, 0.2) is 17.4 Å². The SMILES string of the molecule is CC[C@H]1O[C@@H](n2cnc3c(=O)[nH]c(N)nc32)[C@H](O)C1=C(F)F. The lowest BCUT2D eigenvalue weighted by molar-refractivity contribution is -0.0355. The molecule has 0 spiro atoms. The van der Waals surface area contributed by atoms with E-state index in [-0.39, 0.29) is 23.5 Å². The summed E-state index contributed by atoms with van der Waals surface area (Å²) >= 11 is 0. The number of nitrogens with one attached hydrogen (secondary N) is 1. The number of nitrogens with zero attached hydrogens (tertiary/aromatic N) is 3. The summed E-state index contributed by atoms with van der Waals surface area (Å²) < 4.78 is 32.7. The molecule has 0 aromatic carbocycles. The summed E-state index contributed by atoms with van der Waals surface area (Å²) in [6, 6.07) is 0. The fraction of sp³-hybridized carbons (Fsp3) is 0.417. The normalized spacial score (nSPS) is 25.1. The number of nitrogen functional groups attached to an aromatic ring is 1. The molecule has 3 heterocycles. The third kappa shape index (κ3) is 2.07. The molecule has 8 nitrogen and oxygen atoms in total. The Morgan fingerprint density at radius 1 is 1.59 bits per heavy atom. The van der Waals surface area contributed by atoms with Crippen LogP contribution in [0.15, 0.2) is 22.8 Å². The summed E-state index contributed by atoms with van der Waals surface area (Å²) in [6.07, 6.45) is -4.14. The van der Waals surface area contributed by atoms with E-state index in [9.17, 15) is 18.7 Å². The highest BCUT2D eigenvalue weighted by atomic mass is 19.3. The van der Waals surface area contributed by atoms with Gasteiger partial charge in [0.25, 0.3) is 11.6 Å². The predicted molar refractivity (Wildman–Crippen MR) is 72.0 cm³/mol. The van der Waals surface area contributed by atoms with Crippen molar-refractivity contribution >= 4 is 17.1 Å². The number of H-pyrrole nitrogens is 1. The highest BCUT2D eigenvalue weighted by molar-refractivity contribution is 5.70. The summed E-state index contributed by atoms with van der Waals surface area (Å²) in [4.78, 5) is 21.8. The lowest BCUT2D eigenvalue weighted by Crippen LogP contribution is -2.21. The van der Waals surface area contributed by atoms with Crippen molar-refractivity contribution in [3.63, 3.8) is 0 Å². The zero-order valence-electron chi connectivity index (χ0n) is 11.5. The van der Waals surface area contributed by atoms with Gasteiger partial charge in [0.05, 0.1) is 18.0 Å². The number of aromatic nitrogens is 4. The van der Waals surface area contributed by atoms with E-state index in [1.165, 1.54) is 10.9 Å². The standard InChI is InChI=1S/C12H13F2N5O3/c1-2-4-5(8(13)14)7(20)11(22-4)19-3-16-6-9(19)17-12(15)18-10(6)21/h3-4,7,11,20H,2H2,1H3,(H3,15,17,18,21)/t4-,7-,11-/m1/s1. The van der Waals surface area contributed by atoms with Gasteiger partial charge < -0.3 is 15.6 Å². The molecule has 4 N–H and O–H groups in total. The molecule has 0 aliphatic carbocycles. The molecular weight excluding hydrogens is 300 g/mol. The molecule has 0 bridgehead atoms. The van der Waals surface area contributed by atoms with E-state index < -0.39 is 35.6 Å². The van der Waals surface area contributed by atoms with Crippen LogP contribution in [0.4, 0.5) is 14.7 Å². The second kappa shape index (κ2) is 5.14. The van der Waals surface area contributed by atoms with Gasteiger partial charge in [0, 0.05) is 0 Å².